The fourth-order valence-corrected chi connectivity index (χ4v) is 4.56. The first-order chi connectivity index (χ1) is 15.6. The Kier molecular flexibility index (Phi) is 5.95. The number of halogens is 3. The molecule has 1 saturated heterocycles. The smallest absolute Gasteiger partial charge is 0.408 e. The van der Waals surface area contributed by atoms with Crippen LogP contribution in [0.4, 0.5) is 13.2 Å². The van der Waals surface area contributed by atoms with Crippen molar-refractivity contribution in [2.75, 3.05) is 0 Å². The van der Waals surface area contributed by atoms with Crippen LogP contribution in [-0.4, -0.2) is 24.0 Å². The molecule has 3 unspecified atom stereocenters. The zero-order valence-corrected chi connectivity index (χ0v) is 18.3. The van der Waals surface area contributed by atoms with Crippen LogP contribution < -0.4 is 15.4 Å². The van der Waals surface area contributed by atoms with Crippen molar-refractivity contribution in [2.24, 2.45) is 11.8 Å². The minimum atomic E-state index is -4.60. The molecule has 2 aliphatic heterocycles. The summed E-state index contributed by atoms with van der Waals surface area (Å²) in [7, 11) is 0. The van der Waals surface area contributed by atoms with E-state index in [9.17, 15) is 22.8 Å². The second kappa shape index (κ2) is 8.57. The number of hydrogen-bond acceptors (Lipinski definition) is 3. The van der Waals surface area contributed by atoms with Crippen molar-refractivity contribution in [3.8, 4) is 11.5 Å². The van der Waals surface area contributed by atoms with Crippen LogP contribution in [0.5, 0.6) is 11.5 Å². The van der Waals surface area contributed by atoms with Gasteiger partial charge in [-0.05, 0) is 55.9 Å². The average molecular weight is 458 g/mol. The highest BCUT2D eigenvalue weighted by atomic mass is 19.4. The number of piperidine rings is 1. The van der Waals surface area contributed by atoms with Gasteiger partial charge in [0, 0.05) is 11.1 Å². The number of benzene rings is 2. The molecular weight excluding hydrogens is 433 g/mol. The summed E-state index contributed by atoms with van der Waals surface area (Å²) in [6.07, 6.45) is -3.39. The Morgan fingerprint density at radius 2 is 1.73 bits per heavy atom. The van der Waals surface area contributed by atoms with Gasteiger partial charge in [-0.15, -0.1) is 6.58 Å². The maximum Gasteiger partial charge on any atom is 0.408 e. The first-order valence-electron chi connectivity index (χ1n) is 10.8. The number of fused-ring (bicyclic) bond motifs is 2. The van der Waals surface area contributed by atoms with Crippen LogP contribution in [0.1, 0.15) is 41.1 Å². The first-order valence-corrected chi connectivity index (χ1v) is 10.8. The Balaban J connectivity index is 1.63. The van der Waals surface area contributed by atoms with E-state index in [1.807, 2.05) is 55.6 Å². The van der Waals surface area contributed by atoms with E-state index in [-0.39, 0.29) is 12.8 Å². The summed E-state index contributed by atoms with van der Waals surface area (Å²) in [5.41, 5.74) is 3.40. The van der Waals surface area contributed by atoms with Crippen molar-refractivity contribution < 1.29 is 27.5 Å². The topological polar surface area (TPSA) is 67.4 Å². The highest BCUT2D eigenvalue weighted by Gasteiger charge is 2.51. The summed E-state index contributed by atoms with van der Waals surface area (Å²) < 4.78 is 46.3. The van der Waals surface area contributed by atoms with Crippen molar-refractivity contribution in [3.05, 3.63) is 71.3 Å². The van der Waals surface area contributed by atoms with Gasteiger partial charge in [0.1, 0.15) is 23.5 Å². The lowest BCUT2D eigenvalue weighted by atomic mass is 9.81. The molecule has 8 heteroatoms. The molecule has 0 aliphatic carbocycles. The SMILES string of the molecule is C=CCC1CC(C(=O)NC2c3ccc(C)cc3Oc3cc(C)ccc32)C(=O)NC1C(F)(F)F. The molecule has 174 valence electrons. The predicted octanol–water partition coefficient (Wildman–Crippen LogP) is 4.87. The minimum Gasteiger partial charge on any atom is -0.457 e. The van der Waals surface area contributed by atoms with Gasteiger partial charge in [0.15, 0.2) is 0 Å². The minimum absolute atomic E-state index is 0.0374. The molecule has 2 aliphatic rings. The van der Waals surface area contributed by atoms with E-state index in [2.05, 4.69) is 11.9 Å². The third-order valence-corrected chi connectivity index (χ3v) is 6.23. The Hall–Kier alpha value is -3.29. The van der Waals surface area contributed by atoms with E-state index in [4.69, 9.17) is 4.74 Å². The van der Waals surface area contributed by atoms with E-state index in [1.54, 1.807) is 0 Å². The number of rotatable bonds is 4. The lowest BCUT2D eigenvalue weighted by Crippen LogP contribution is -2.59. The Bertz CT molecular complexity index is 1060. The molecule has 5 nitrogen and oxygen atoms in total. The molecule has 2 amide bonds. The van der Waals surface area contributed by atoms with Gasteiger partial charge in [-0.1, -0.05) is 30.3 Å². The van der Waals surface area contributed by atoms with Crippen LogP contribution in [0.3, 0.4) is 0 Å². The van der Waals surface area contributed by atoms with Gasteiger partial charge >= 0.3 is 6.18 Å². The summed E-state index contributed by atoms with van der Waals surface area (Å²) in [6.45, 7) is 7.37. The molecule has 0 bridgehead atoms. The van der Waals surface area contributed by atoms with Crippen LogP contribution in [0.15, 0.2) is 49.1 Å². The van der Waals surface area contributed by atoms with Crippen molar-refractivity contribution in [2.45, 2.75) is 44.9 Å². The van der Waals surface area contributed by atoms with Gasteiger partial charge in [0.2, 0.25) is 11.8 Å². The van der Waals surface area contributed by atoms with E-state index < -0.39 is 41.9 Å². The Labute approximate surface area is 190 Å². The number of hydrogen-bond donors (Lipinski definition) is 2. The van der Waals surface area contributed by atoms with Crippen molar-refractivity contribution in [3.63, 3.8) is 0 Å². The summed E-state index contributed by atoms with van der Waals surface area (Å²) >= 11 is 0. The largest absolute Gasteiger partial charge is 0.457 e. The van der Waals surface area contributed by atoms with Gasteiger partial charge in [0.25, 0.3) is 0 Å². The van der Waals surface area contributed by atoms with Gasteiger partial charge in [-0.3, -0.25) is 9.59 Å². The molecule has 2 heterocycles. The highest BCUT2D eigenvalue weighted by Crippen LogP contribution is 2.44. The zero-order valence-electron chi connectivity index (χ0n) is 18.3. The van der Waals surface area contributed by atoms with Crippen LogP contribution >= 0.6 is 0 Å². The Morgan fingerprint density at radius 1 is 1.15 bits per heavy atom. The summed E-state index contributed by atoms with van der Waals surface area (Å²) in [6, 6.07) is 8.61. The fourth-order valence-electron chi connectivity index (χ4n) is 4.56. The van der Waals surface area contributed by atoms with Gasteiger partial charge in [0.05, 0.1) is 6.04 Å². The highest BCUT2D eigenvalue weighted by molar-refractivity contribution is 6.01. The van der Waals surface area contributed by atoms with Crippen LogP contribution in [-0.2, 0) is 9.59 Å². The molecule has 0 saturated carbocycles. The molecular formula is C25H25F3N2O3. The number of carbonyl (C=O) groups excluding carboxylic acids is 2. The van der Waals surface area contributed by atoms with Crippen molar-refractivity contribution >= 4 is 11.8 Å². The summed E-state index contributed by atoms with van der Waals surface area (Å²) in [5.74, 6) is -2.56. The number of alkyl halides is 3. The molecule has 4 rings (SSSR count). The quantitative estimate of drug-likeness (QED) is 0.507. The molecule has 2 aromatic carbocycles. The van der Waals surface area contributed by atoms with Crippen LogP contribution in [0.25, 0.3) is 0 Å². The normalized spacial score (nSPS) is 22.5. The van der Waals surface area contributed by atoms with Crippen LogP contribution in [0, 0.1) is 25.7 Å². The molecule has 0 aromatic heterocycles. The van der Waals surface area contributed by atoms with Gasteiger partial charge in [-0.2, -0.15) is 13.2 Å². The van der Waals surface area contributed by atoms with E-state index >= 15 is 0 Å². The predicted molar refractivity (Wildman–Crippen MR) is 117 cm³/mol. The number of amides is 2. The third-order valence-electron chi connectivity index (χ3n) is 6.23. The molecule has 0 radical (unpaired) electrons. The van der Waals surface area contributed by atoms with Gasteiger partial charge in [-0.25, -0.2) is 0 Å². The molecule has 3 atom stereocenters. The number of nitrogens with one attached hydrogen (secondary N) is 2. The molecule has 2 aromatic rings. The third kappa shape index (κ3) is 4.47. The maximum atomic E-state index is 13.4. The number of carbonyl (C=O) groups is 2. The lowest BCUT2D eigenvalue weighted by molar-refractivity contribution is -0.181. The molecule has 0 spiro atoms. The molecule has 33 heavy (non-hydrogen) atoms. The number of ether oxygens (including phenoxy) is 1. The fraction of sp³-hybridized carbons (Fsp3) is 0.360. The van der Waals surface area contributed by atoms with Crippen LogP contribution in [0.2, 0.25) is 0 Å². The average Bonchev–Trinajstić information content (AvgIpc) is 2.73. The lowest BCUT2D eigenvalue weighted by Gasteiger charge is -2.37. The summed E-state index contributed by atoms with van der Waals surface area (Å²) in [4.78, 5) is 25.8. The first kappa shape index (κ1) is 22.9. The van der Waals surface area contributed by atoms with Crippen molar-refractivity contribution in [1.82, 2.24) is 10.6 Å². The standard InChI is InChI=1S/C25H25F3N2O3/c1-4-5-15-12-18(24(32)30-22(15)25(26,27)28)23(31)29-21-16-8-6-13(2)10-19(16)33-20-11-14(3)7-9-17(20)21/h4,6-11,15,18,21-22H,1,5,12H2,2-3H3,(H,29,31)(H,30,32). The second-order valence-corrected chi connectivity index (χ2v) is 8.73. The maximum absolute atomic E-state index is 13.4. The number of allylic oxidation sites excluding steroid dienone is 1. The molecule has 2 N–H and O–H groups in total. The van der Waals surface area contributed by atoms with E-state index in [0.717, 1.165) is 22.3 Å². The Morgan fingerprint density at radius 3 is 2.24 bits per heavy atom. The van der Waals surface area contributed by atoms with E-state index in [1.165, 1.54) is 6.08 Å². The number of aryl methyl sites for hydroxylation is 2. The van der Waals surface area contributed by atoms with E-state index in [0.29, 0.717) is 11.5 Å². The zero-order chi connectivity index (χ0) is 23.9. The summed E-state index contributed by atoms with van der Waals surface area (Å²) in [5, 5.41) is 4.92. The van der Waals surface area contributed by atoms with Crippen molar-refractivity contribution in [1.29, 1.82) is 0 Å². The monoisotopic (exact) mass is 458 g/mol. The molecule has 1 fully saturated rings. The van der Waals surface area contributed by atoms with Gasteiger partial charge < -0.3 is 15.4 Å². The second-order valence-electron chi connectivity index (χ2n) is 8.73.